The first-order chi connectivity index (χ1) is 12.7. The van der Waals surface area contributed by atoms with Gasteiger partial charge in [-0.2, -0.15) is 5.10 Å². The topological polar surface area (TPSA) is 50.6 Å². The molecule has 0 saturated carbocycles. The molecule has 2 aromatic rings. The minimum atomic E-state index is 0.298. The molecular formula is C20H26N4O2. The van der Waals surface area contributed by atoms with Crippen molar-refractivity contribution in [1.82, 2.24) is 19.6 Å². The van der Waals surface area contributed by atoms with Crippen molar-refractivity contribution >= 4 is 5.91 Å². The number of rotatable bonds is 6. The molecule has 0 bridgehead atoms. The predicted molar refractivity (Wildman–Crippen MR) is 98.8 cm³/mol. The summed E-state index contributed by atoms with van der Waals surface area (Å²) in [6.45, 7) is 4.41. The van der Waals surface area contributed by atoms with E-state index in [1.165, 1.54) is 11.3 Å². The molecule has 0 aliphatic carbocycles. The number of carbonyl (C=O) groups excluding carboxylic acids is 1. The number of hydrogen-bond acceptors (Lipinski definition) is 4. The molecule has 1 saturated heterocycles. The minimum absolute atomic E-state index is 0.298. The molecule has 0 radical (unpaired) electrons. The monoisotopic (exact) mass is 354 g/mol. The Kier molecular flexibility index (Phi) is 4.93. The van der Waals surface area contributed by atoms with Gasteiger partial charge in [0.05, 0.1) is 18.8 Å². The van der Waals surface area contributed by atoms with Crippen LogP contribution >= 0.6 is 0 Å². The summed E-state index contributed by atoms with van der Waals surface area (Å²) in [6.07, 6.45) is 4.53. The quantitative estimate of drug-likeness (QED) is 0.800. The first-order valence-corrected chi connectivity index (χ1v) is 9.39. The van der Waals surface area contributed by atoms with E-state index >= 15 is 0 Å². The fourth-order valence-corrected chi connectivity index (χ4v) is 4.12. The van der Waals surface area contributed by atoms with E-state index in [-0.39, 0.29) is 0 Å². The SMILES string of the molecule is COc1ccccc1CN1Cc2ccnn2C(CCN2CCCC2=O)C1. The second-order valence-electron chi connectivity index (χ2n) is 7.18. The van der Waals surface area contributed by atoms with Gasteiger partial charge in [0.15, 0.2) is 0 Å². The number of benzene rings is 1. The highest BCUT2D eigenvalue weighted by atomic mass is 16.5. The summed E-state index contributed by atoms with van der Waals surface area (Å²) in [5, 5.41) is 4.54. The second kappa shape index (κ2) is 7.50. The van der Waals surface area contributed by atoms with Crippen molar-refractivity contribution in [1.29, 1.82) is 0 Å². The highest BCUT2D eigenvalue weighted by Crippen LogP contribution is 2.27. The van der Waals surface area contributed by atoms with Gasteiger partial charge in [-0.1, -0.05) is 18.2 Å². The molecular weight excluding hydrogens is 328 g/mol. The fourth-order valence-electron chi connectivity index (χ4n) is 4.12. The molecule has 6 heteroatoms. The van der Waals surface area contributed by atoms with E-state index in [2.05, 4.69) is 32.9 Å². The smallest absolute Gasteiger partial charge is 0.222 e. The van der Waals surface area contributed by atoms with Gasteiger partial charge in [-0.05, 0) is 25.0 Å². The van der Waals surface area contributed by atoms with Gasteiger partial charge in [0.25, 0.3) is 0 Å². The van der Waals surface area contributed by atoms with Crippen molar-refractivity contribution in [2.24, 2.45) is 0 Å². The van der Waals surface area contributed by atoms with Gasteiger partial charge in [-0.25, -0.2) is 0 Å². The molecule has 138 valence electrons. The Morgan fingerprint density at radius 1 is 1.27 bits per heavy atom. The molecule has 1 aromatic heterocycles. The number of fused-ring (bicyclic) bond motifs is 1. The summed E-state index contributed by atoms with van der Waals surface area (Å²) < 4.78 is 7.66. The Balaban J connectivity index is 1.46. The van der Waals surface area contributed by atoms with E-state index in [9.17, 15) is 4.79 Å². The van der Waals surface area contributed by atoms with Gasteiger partial charge in [0, 0.05) is 50.9 Å². The molecule has 2 aliphatic heterocycles. The largest absolute Gasteiger partial charge is 0.496 e. The highest BCUT2D eigenvalue weighted by molar-refractivity contribution is 5.78. The molecule has 1 aromatic carbocycles. The maximum atomic E-state index is 11.9. The van der Waals surface area contributed by atoms with Gasteiger partial charge in [0.2, 0.25) is 5.91 Å². The maximum Gasteiger partial charge on any atom is 0.222 e. The van der Waals surface area contributed by atoms with Crippen LogP contribution in [0.25, 0.3) is 0 Å². The zero-order valence-electron chi connectivity index (χ0n) is 15.3. The van der Waals surface area contributed by atoms with E-state index in [1.54, 1.807) is 7.11 Å². The van der Waals surface area contributed by atoms with Crippen LogP contribution in [0.4, 0.5) is 0 Å². The zero-order valence-corrected chi connectivity index (χ0v) is 15.3. The van der Waals surface area contributed by atoms with Gasteiger partial charge < -0.3 is 9.64 Å². The number of hydrogen-bond donors (Lipinski definition) is 0. The van der Waals surface area contributed by atoms with Crippen LogP contribution in [-0.4, -0.2) is 52.2 Å². The van der Waals surface area contributed by atoms with Gasteiger partial charge >= 0.3 is 0 Å². The lowest BCUT2D eigenvalue weighted by atomic mass is 10.1. The number of methoxy groups -OCH3 is 1. The number of aromatic nitrogens is 2. The number of likely N-dealkylation sites (tertiary alicyclic amines) is 1. The molecule has 3 heterocycles. The first kappa shape index (κ1) is 17.1. The maximum absolute atomic E-state index is 11.9. The molecule has 26 heavy (non-hydrogen) atoms. The van der Waals surface area contributed by atoms with E-state index < -0.39 is 0 Å². The van der Waals surface area contributed by atoms with Crippen LogP contribution < -0.4 is 4.74 Å². The fraction of sp³-hybridized carbons (Fsp3) is 0.500. The number of amides is 1. The molecule has 6 nitrogen and oxygen atoms in total. The molecule has 1 atom stereocenters. The van der Waals surface area contributed by atoms with Crippen molar-refractivity contribution in [2.45, 2.75) is 38.4 Å². The van der Waals surface area contributed by atoms with Crippen LogP contribution in [0, 0.1) is 0 Å². The lowest BCUT2D eigenvalue weighted by Gasteiger charge is -2.35. The number of ether oxygens (including phenoxy) is 1. The Hall–Kier alpha value is -2.34. The van der Waals surface area contributed by atoms with Gasteiger partial charge in [-0.15, -0.1) is 0 Å². The van der Waals surface area contributed by atoms with Crippen molar-refractivity contribution in [3.05, 3.63) is 47.8 Å². The summed E-state index contributed by atoms with van der Waals surface area (Å²) in [4.78, 5) is 16.3. The number of para-hydroxylation sites is 1. The van der Waals surface area contributed by atoms with Crippen LogP contribution in [0.3, 0.4) is 0 Å². The zero-order chi connectivity index (χ0) is 17.9. The molecule has 1 amide bonds. The average molecular weight is 354 g/mol. The van der Waals surface area contributed by atoms with Crippen molar-refractivity contribution in [3.63, 3.8) is 0 Å². The van der Waals surface area contributed by atoms with Gasteiger partial charge in [-0.3, -0.25) is 14.4 Å². The van der Waals surface area contributed by atoms with Crippen molar-refractivity contribution in [3.8, 4) is 5.75 Å². The average Bonchev–Trinajstić information content (AvgIpc) is 3.29. The number of carbonyl (C=O) groups is 1. The Labute approximate surface area is 154 Å². The third-order valence-electron chi connectivity index (χ3n) is 5.44. The van der Waals surface area contributed by atoms with E-state index in [0.717, 1.165) is 51.3 Å². The van der Waals surface area contributed by atoms with Crippen LogP contribution in [0.1, 0.15) is 36.6 Å². The lowest BCUT2D eigenvalue weighted by Crippen LogP contribution is -2.39. The van der Waals surface area contributed by atoms with Crippen LogP contribution in [0.2, 0.25) is 0 Å². The lowest BCUT2D eigenvalue weighted by molar-refractivity contribution is -0.127. The molecule has 1 fully saturated rings. The summed E-state index contributed by atoms with van der Waals surface area (Å²) in [5.41, 5.74) is 2.44. The van der Waals surface area contributed by atoms with Crippen molar-refractivity contribution < 1.29 is 9.53 Å². The molecule has 0 N–H and O–H groups in total. The van der Waals surface area contributed by atoms with Gasteiger partial charge in [0.1, 0.15) is 5.75 Å². The highest BCUT2D eigenvalue weighted by Gasteiger charge is 2.28. The number of nitrogens with zero attached hydrogens (tertiary/aromatic N) is 4. The Bertz CT molecular complexity index is 773. The van der Waals surface area contributed by atoms with Crippen molar-refractivity contribution in [2.75, 3.05) is 26.7 Å². The van der Waals surface area contributed by atoms with Crippen LogP contribution in [-0.2, 0) is 17.9 Å². The summed E-state index contributed by atoms with van der Waals surface area (Å²) in [6, 6.07) is 10.6. The third kappa shape index (κ3) is 3.46. The normalized spacial score (nSPS) is 20.4. The minimum Gasteiger partial charge on any atom is -0.496 e. The molecule has 4 rings (SSSR count). The molecule has 2 aliphatic rings. The molecule has 1 unspecified atom stereocenters. The van der Waals surface area contributed by atoms with E-state index in [1.807, 2.05) is 23.2 Å². The summed E-state index contributed by atoms with van der Waals surface area (Å²) in [5.74, 6) is 1.23. The molecule has 0 spiro atoms. The van der Waals surface area contributed by atoms with E-state index in [4.69, 9.17) is 4.74 Å². The third-order valence-corrected chi connectivity index (χ3v) is 5.44. The van der Waals surface area contributed by atoms with Crippen LogP contribution in [0.5, 0.6) is 5.75 Å². The first-order valence-electron chi connectivity index (χ1n) is 9.39. The second-order valence-corrected chi connectivity index (χ2v) is 7.18. The van der Waals surface area contributed by atoms with Crippen LogP contribution in [0.15, 0.2) is 36.5 Å². The Morgan fingerprint density at radius 2 is 2.15 bits per heavy atom. The summed E-state index contributed by atoms with van der Waals surface area (Å²) in [7, 11) is 1.72. The standard InChI is InChI=1S/C20H26N4O2/c1-26-19-6-3-2-5-16(19)13-22-14-17-8-10-21-24(17)18(15-22)9-12-23-11-4-7-20(23)25/h2-3,5-6,8,10,18H,4,7,9,11-15H2,1H3. The summed E-state index contributed by atoms with van der Waals surface area (Å²) >= 11 is 0. The Morgan fingerprint density at radius 3 is 2.96 bits per heavy atom. The predicted octanol–water partition coefficient (Wildman–Crippen LogP) is 2.46. The van der Waals surface area contributed by atoms with E-state index in [0.29, 0.717) is 18.4 Å².